The van der Waals surface area contributed by atoms with Crippen molar-refractivity contribution >= 4 is 26.1 Å². The number of hydrogen-bond donors (Lipinski definition) is 1. The fourth-order valence-electron chi connectivity index (χ4n) is 1.39. The van der Waals surface area contributed by atoms with Crippen molar-refractivity contribution in [3.8, 4) is 15.8 Å². The second-order valence-electron chi connectivity index (χ2n) is 3.10. The predicted octanol–water partition coefficient (Wildman–Crippen LogP) is 3.08. The van der Waals surface area contributed by atoms with Gasteiger partial charge in [-0.25, -0.2) is 0 Å². The van der Waals surface area contributed by atoms with Crippen LogP contribution in [0.25, 0.3) is 10.0 Å². The Hall–Kier alpha value is -0.691. The molecule has 2 aromatic rings. The van der Waals surface area contributed by atoms with E-state index in [-0.39, 0.29) is 0 Å². The third kappa shape index (κ3) is 1.74. The fourth-order valence-corrected chi connectivity index (χ4v) is 3.79. The molecule has 0 bridgehead atoms. The second-order valence-corrected chi connectivity index (χ2v) is 5.43. The predicted molar refractivity (Wildman–Crippen MR) is 60.2 cm³/mol. The second kappa shape index (κ2) is 3.82. The topological polar surface area (TPSA) is 20.2 Å². The number of aryl methyl sites for hydroxylation is 1. The van der Waals surface area contributed by atoms with Gasteiger partial charge in [-0.1, -0.05) is 0 Å². The van der Waals surface area contributed by atoms with E-state index in [4.69, 9.17) is 11.6 Å². The molecule has 2 rings (SSSR count). The molecule has 0 radical (unpaired) electrons. The van der Waals surface area contributed by atoms with Crippen molar-refractivity contribution in [3.63, 3.8) is 0 Å². The molecular weight excluding hydrogens is 263 g/mol. The van der Waals surface area contributed by atoms with Gasteiger partial charge in [0.1, 0.15) is 0 Å². The first kappa shape index (κ1) is 9.85. The van der Waals surface area contributed by atoms with Gasteiger partial charge in [0.05, 0.1) is 0 Å². The Labute approximate surface area is 93.7 Å². The molecule has 1 aromatic carbocycles. The van der Waals surface area contributed by atoms with Crippen LogP contribution < -0.4 is 0 Å². The Kier molecular flexibility index (Phi) is 2.69. The van der Waals surface area contributed by atoms with Crippen LogP contribution in [0.2, 0.25) is 5.02 Å². The molecule has 1 aromatic heterocycles. The van der Waals surface area contributed by atoms with E-state index in [1.165, 1.54) is 4.44 Å². The molecule has 3 heteroatoms. The summed E-state index contributed by atoms with van der Waals surface area (Å²) in [6.45, 7) is 1.99. The maximum absolute atomic E-state index is 9.29. The molecule has 1 nitrogen and oxygen atoms in total. The van der Waals surface area contributed by atoms with Crippen LogP contribution in [-0.2, 0) is 0 Å². The number of phenols is 1. The molecule has 1 N–H and O–H groups in total. The van der Waals surface area contributed by atoms with Gasteiger partial charge in [0.25, 0.3) is 0 Å². The molecule has 14 heavy (non-hydrogen) atoms. The van der Waals surface area contributed by atoms with Crippen molar-refractivity contribution in [1.82, 2.24) is 0 Å². The first-order valence-electron chi connectivity index (χ1n) is 4.21. The average molecular weight is 272 g/mol. The molecule has 0 saturated heterocycles. The monoisotopic (exact) mass is 272 g/mol. The minimum atomic E-state index is 0.307. The number of rotatable bonds is 1. The SMILES string of the molecule is Cc1cc(O)ccc1-c1[se]ccc1Cl. The normalized spacial score (nSPS) is 10.4. The number of halogens is 1. The average Bonchev–Trinajstić information content (AvgIpc) is 2.52. The molecular formula is C11H9ClOSe. The number of aromatic hydroxyl groups is 1. The Morgan fingerprint density at radius 3 is 2.64 bits per heavy atom. The van der Waals surface area contributed by atoms with E-state index in [1.54, 1.807) is 12.1 Å². The van der Waals surface area contributed by atoms with Crippen molar-refractivity contribution < 1.29 is 5.11 Å². The summed E-state index contributed by atoms with van der Waals surface area (Å²) in [6.07, 6.45) is 0. The summed E-state index contributed by atoms with van der Waals surface area (Å²) in [5, 5.41) is 10.1. The zero-order chi connectivity index (χ0) is 10.1. The van der Waals surface area contributed by atoms with Crippen molar-refractivity contribution in [1.29, 1.82) is 0 Å². The quantitative estimate of drug-likeness (QED) is 0.790. The van der Waals surface area contributed by atoms with Gasteiger partial charge >= 0.3 is 93.7 Å². The van der Waals surface area contributed by atoms with E-state index in [0.717, 1.165) is 16.1 Å². The van der Waals surface area contributed by atoms with Gasteiger partial charge in [0, 0.05) is 0 Å². The number of phenolic OH excluding ortho intramolecular Hbond substituents is 1. The van der Waals surface area contributed by atoms with Crippen LogP contribution in [-0.4, -0.2) is 19.6 Å². The zero-order valence-corrected chi connectivity index (χ0v) is 10.1. The van der Waals surface area contributed by atoms with Gasteiger partial charge < -0.3 is 0 Å². The Balaban J connectivity index is 2.58. The van der Waals surface area contributed by atoms with E-state index in [2.05, 4.69) is 4.94 Å². The summed E-state index contributed by atoms with van der Waals surface area (Å²) in [4.78, 5) is 2.11. The number of benzene rings is 1. The first-order valence-corrected chi connectivity index (χ1v) is 6.44. The molecule has 72 valence electrons. The van der Waals surface area contributed by atoms with Gasteiger partial charge in [-0.2, -0.15) is 0 Å². The van der Waals surface area contributed by atoms with E-state index >= 15 is 0 Å². The van der Waals surface area contributed by atoms with E-state index < -0.39 is 0 Å². The molecule has 0 atom stereocenters. The summed E-state index contributed by atoms with van der Waals surface area (Å²) >= 11 is 6.40. The molecule has 0 aliphatic heterocycles. The summed E-state index contributed by atoms with van der Waals surface area (Å²) in [7, 11) is 0. The summed E-state index contributed by atoms with van der Waals surface area (Å²) in [6, 6.07) is 7.34. The Morgan fingerprint density at radius 2 is 2.07 bits per heavy atom. The van der Waals surface area contributed by atoms with Crippen LogP contribution in [0, 0.1) is 6.92 Å². The molecule has 0 spiro atoms. The third-order valence-corrected chi connectivity index (χ3v) is 4.63. The number of hydrogen-bond acceptors (Lipinski definition) is 1. The summed E-state index contributed by atoms with van der Waals surface area (Å²) in [5.74, 6) is 0.307. The van der Waals surface area contributed by atoms with Crippen molar-refractivity contribution in [2.75, 3.05) is 0 Å². The van der Waals surface area contributed by atoms with Crippen molar-refractivity contribution in [2.24, 2.45) is 0 Å². The van der Waals surface area contributed by atoms with Crippen LogP contribution in [0.15, 0.2) is 29.2 Å². The molecule has 1 heterocycles. The van der Waals surface area contributed by atoms with E-state index in [9.17, 15) is 5.11 Å². The minimum absolute atomic E-state index is 0.307. The van der Waals surface area contributed by atoms with Crippen molar-refractivity contribution in [3.05, 3.63) is 39.8 Å². The van der Waals surface area contributed by atoms with Crippen LogP contribution in [0.3, 0.4) is 0 Å². The summed E-state index contributed by atoms with van der Waals surface area (Å²) < 4.78 is 1.21. The van der Waals surface area contributed by atoms with Crippen LogP contribution in [0.4, 0.5) is 0 Å². The fraction of sp³-hybridized carbons (Fsp3) is 0.0909. The zero-order valence-electron chi connectivity index (χ0n) is 7.62. The van der Waals surface area contributed by atoms with Gasteiger partial charge in [0.15, 0.2) is 0 Å². The van der Waals surface area contributed by atoms with Gasteiger partial charge in [-0.3, -0.25) is 0 Å². The molecule has 0 amide bonds. The summed E-state index contributed by atoms with van der Waals surface area (Å²) in [5.41, 5.74) is 2.22. The van der Waals surface area contributed by atoms with E-state index in [1.807, 2.05) is 19.1 Å². The maximum atomic E-state index is 9.29. The first-order chi connectivity index (χ1) is 6.68. The Morgan fingerprint density at radius 1 is 1.29 bits per heavy atom. The van der Waals surface area contributed by atoms with Crippen LogP contribution in [0.5, 0.6) is 5.75 Å². The van der Waals surface area contributed by atoms with E-state index in [0.29, 0.717) is 20.3 Å². The molecule has 0 unspecified atom stereocenters. The van der Waals surface area contributed by atoms with Gasteiger partial charge in [-0.05, 0) is 0 Å². The van der Waals surface area contributed by atoms with Crippen molar-refractivity contribution in [2.45, 2.75) is 6.92 Å². The van der Waals surface area contributed by atoms with Crippen LogP contribution >= 0.6 is 11.6 Å². The molecule has 0 saturated carbocycles. The third-order valence-electron chi connectivity index (χ3n) is 2.07. The Bertz CT molecular complexity index is 462. The van der Waals surface area contributed by atoms with Gasteiger partial charge in [0.2, 0.25) is 0 Å². The molecule has 0 aliphatic rings. The standard InChI is InChI=1S/C11H9ClOSe/c1-7-6-8(13)2-3-9(7)11-10(12)4-5-14-11/h2-6,13H,1H3. The molecule has 0 aliphatic carbocycles. The van der Waals surface area contributed by atoms with Crippen LogP contribution in [0.1, 0.15) is 5.56 Å². The van der Waals surface area contributed by atoms with Gasteiger partial charge in [-0.15, -0.1) is 0 Å². The molecule has 0 fully saturated rings.